The number of halogens is 2. The van der Waals surface area contributed by atoms with Crippen LogP contribution in [0.5, 0.6) is 0 Å². The average molecular weight is 333 g/mol. The van der Waals surface area contributed by atoms with E-state index in [0.717, 1.165) is 12.8 Å². The Hall–Kier alpha value is -0.940. The lowest BCUT2D eigenvalue weighted by Gasteiger charge is -2.11. The third kappa shape index (κ3) is 5.70. The van der Waals surface area contributed by atoms with Crippen LogP contribution in [0.2, 0.25) is 0 Å². The lowest BCUT2D eigenvalue weighted by molar-refractivity contribution is -0.144. The quantitative estimate of drug-likeness (QED) is 0.611. The Labute approximate surface area is 120 Å². The van der Waals surface area contributed by atoms with E-state index >= 15 is 0 Å². The van der Waals surface area contributed by atoms with Crippen molar-refractivity contribution in [2.45, 2.75) is 38.7 Å². The fraction of sp³-hybridized carbons (Fsp3) is 0.500. The largest absolute Gasteiger partial charge is 0.466 e. The predicted molar refractivity (Wildman–Crippen MR) is 74.2 cm³/mol. The first kappa shape index (κ1) is 16.1. The second kappa shape index (κ2) is 8.27. The van der Waals surface area contributed by atoms with Crippen LogP contribution in [0.4, 0.5) is 4.39 Å². The van der Waals surface area contributed by atoms with Gasteiger partial charge in [-0.1, -0.05) is 19.4 Å². The summed E-state index contributed by atoms with van der Waals surface area (Å²) in [7, 11) is 0. The molecule has 0 bridgehead atoms. The number of hydrogen-bond donors (Lipinski definition) is 1. The molecule has 1 N–H and O–H groups in total. The lowest BCUT2D eigenvalue weighted by atomic mass is 10.1. The van der Waals surface area contributed by atoms with E-state index < -0.39 is 11.9 Å². The molecule has 0 fully saturated rings. The Bertz CT molecular complexity index is 423. The number of aliphatic hydroxyl groups is 1. The molecular formula is C14H18BrFO3. The number of aliphatic hydroxyl groups excluding tert-OH is 1. The van der Waals surface area contributed by atoms with E-state index in [1.54, 1.807) is 6.07 Å². The molecule has 5 heteroatoms. The molecule has 0 aliphatic carbocycles. The third-order valence-electron chi connectivity index (χ3n) is 2.71. The minimum absolute atomic E-state index is 0.128. The first-order valence-electron chi connectivity index (χ1n) is 6.33. The van der Waals surface area contributed by atoms with Crippen LogP contribution in [0.3, 0.4) is 0 Å². The van der Waals surface area contributed by atoms with Crippen molar-refractivity contribution in [3.63, 3.8) is 0 Å². The average Bonchev–Trinajstić information content (AvgIpc) is 2.39. The van der Waals surface area contributed by atoms with Crippen molar-refractivity contribution in [3.05, 3.63) is 34.1 Å². The minimum atomic E-state index is -0.860. The maximum Gasteiger partial charge on any atom is 0.305 e. The Morgan fingerprint density at radius 3 is 2.89 bits per heavy atom. The third-order valence-corrected chi connectivity index (χ3v) is 3.35. The molecule has 0 heterocycles. The first-order chi connectivity index (χ1) is 9.04. The highest BCUT2D eigenvalue weighted by Gasteiger charge is 2.12. The minimum Gasteiger partial charge on any atom is -0.466 e. The summed E-state index contributed by atoms with van der Waals surface area (Å²) < 4.78 is 18.6. The number of carbonyl (C=O) groups is 1. The molecule has 19 heavy (non-hydrogen) atoms. The Kier molecular flexibility index (Phi) is 7.02. The molecule has 1 unspecified atom stereocenters. The number of carbonyl (C=O) groups excluding carboxylic acids is 1. The number of hydrogen-bond acceptors (Lipinski definition) is 3. The van der Waals surface area contributed by atoms with Gasteiger partial charge < -0.3 is 9.84 Å². The van der Waals surface area contributed by atoms with Gasteiger partial charge in [0.25, 0.3) is 0 Å². The molecule has 0 spiro atoms. The number of benzene rings is 1. The molecule has 3 nitrogen and oxygen atoms in total. The fourth-order valence-electron chi connectivity index (χ4n) is 1.54. The van der Waals surface area contributed by atoms with E-state index in [9.17, 15) is 14.3 Å². The molecule has 1 aromatic rings. The molecule has 1 aromatic carbocycles. The van der Waals surface area contributed by atoms with Crippen LogP contribution in [0.1, 0.15) is 44.3 Å². The Morgan fingerprint density at radius 2 is 2.26 bits per heavy atom. The van der Waals surface area contributed by atoms with E-state index in [4.69, 9.17) is 4.74 Å². The maximum atomic E-state index is 13.3. The van der Waals surface area contributed by atoms with Crippen LogP contribution in [0.15, 0.2) is 22.7 Å². The molecule has 0 amide bonds. The summed E-state index contributed by atoms with van der Waals surface area (Å²) in [6.45, 7) is 2.43. The van der Waals surface area contributed by atoms with E-state index in [1.165, 1.54) is 12.1 Å². The van der Waals surface area contributed by atoms with Crippen molar-refractivity contribution in [2.75, 3.05) is 6.61 Å². The molecule has 0 aromatic heterocycles. The van der Waals surface area contributed by atoms with Gasteiger partial charge in [0, 0.05) is 6.42 Å². The summed E-state index contributed by atoms with van der Waals surface area (Å²) >= 11 is 3.05. The lowest BCUT2D eigenvalue weighted by Crippen LogP contribution is -2.08. The van der Waals surface area contributed by atoms with Crippen molar-refractivity contribution in [1.82, 2.24) is 0 Å². The van der Waals surface area contributed by atoms with Gasteiger partial charge in [0.15, 0.2) is 0 Å². The van der Waals surface area contributed by atoms with Crippen LogP contribution >= 0.6 is 15.9 Å². The highest BCUT2D eigenvalue weighted by atomic mass is 79.9. The maximum absolute atomic E-state index is 13.3. The molecule has 106 valence electrons. The Balaban J connectivity index is 2.40. The monoisotopic (exact) mass is 332 g/mol. The van der Waals surface area contributed by atoms with Crippen LogP contribution in [-0.2, 0) is 9.53 Å². The van der Waals surface area contributed by atoms with E-state index in [1.807, 2.05) is 6.92 Å². The number of esters is 1. The second-order valence-corrected chi connectivity index (χ2v) is 5.16. The normalized spacial score (nSPS) is 12.2. The van der Waals surface area contributed by atoms with Crippen molar-refractivity contribution in [3.8, 4) is 0 Å². The highest BCUT2D eigenvalue weighted by molar-refractivity contribution is 9.10. The zero-order valence-corrected chi connectivity index (χ0v) is 12.5. The highest BCUT2D eigenvalue weighted by Crippen LogP contribution is 2.23. The topological polar surface area (TPSA) is 46.5 Å². The molecule has 0 saturated carbocycles. The summed E-state index contributed by atoms with van der Waals surface area (Å²) in [5, 5.41) is 9.87. The van der Waals surface area contributed by atoms with Gasteiger partial charge in [-0.05, 0) is 46.5 Å². The van der Waals surface area contributed by atoms with Gasteiger partial charge in [0.1, 0.15) is 5.82 Å². The standard InChI is InChI=1S/C14H18BrFO3/c1-2-3-8-19-14(18)7-6-13(17)10-4-5-11(15)12(16)9-10/h4-5,9,13,17H,2-3,6-8H2,1H3. The molecule has 0 aliphatic rings. The van der Waals surface area contributed by atoms with Crippen LogP contribution in [0, 0.1) is 5.82 Å². The molecule has 1 atom stereocenters. The van der Waals surface area contributed by atoms with E-state index in [0.29, 0.717) is 16.6 Å². The van der Waals surface area contributed by atoms with Crippen molar-refractivity contribution >= 4 is 21.9 Å². The second-order valence-electron chi connectivity index (χ2n) is 4.30. The first-order valence-corrected chi connectivity index (χ1v) is 7.12. The molecule has 0 radical (unpaired) electrons. The summed E-state index contributed by atoms with van der Waals surface area (Å²) in [5.41, 5.74) is 0.460. The van der Waals surface area contributed by atoms with Gasteiger partial charge in [-0.15, -0.1) is 0 Å². The summed E-state index contributed by atoms with van der Waals surface area (Å²) in [5.74, 6) is -0.757. The van der Waals surface area contributed by atoms with Crippen molar-refractivity contribution in [1.29, 1.82) is 0 Å². The van der Waals surface area contributed by atoms with Crippen LogP contribution in [0.25, 0.3) is 0 Å². The SMILES string of the molecule is CCCCOC(=O)CCC(O)c1ccc(Br)c(F)c1. The van der Waals surface area contributed by atoms with Crippen LogP contribution < -0.4 is 0 Å². The summed E-state index contributed by atoms with van der Waals surface area (Å²) in [6, 6.07) is 4.42. The zero-order chi connectivity index (χ0) is 14.3. The molecule has 0 aliphatic heterocycles. The number of rotatable bonds is 7. The van der Waals surface area contributed by atoms with Crippen molar-refractivity contribution < 1.29 is 19.0 Å². The predicted octanol–water partition coefficient (Wildman–Crippen LogP) is 3.75. The van der Waals surface area contributed by atoms with Gasteiger partial charge in [0.2, 0.25) is 0 Å². The van der Waals surface area contributed by atoms with Crippen molar-refractivity contribution in [2.24, 2.45) is 0 Å². The smallest absolute Gasteiger partial charge is 0.305 e. The van der Waals surface area contributed by atoms with E-state index in [2.05, 4.69) is 15.9 Å². The molecular weight excluding hydrogens is 315 g/mol. The summed E-state index contributed by atoms with van der Waals surface area (Å²) in [6.07, 6.45) is 1.30. The zero-order valence-electron chi connectivity index (χ0n) is 10.9. The van der Waals surface area contributed by atoms with Gasteiger partial charge in [-0.25, -0.2) is 4.39 Å². The number of ether oxygens (including phenoxy) is 1. The van der Waals surface area contributed by atoms with E-state index in [-0.39, 0.29) is 18.8 Å². The van der Waals surface area contributed by atoms with Gasteiger partial charge in [-0.2, -0.15) is 0 Å². The molecule has 0 saturated heterocycles. The molecule has 1 rings (SSSR count). The summed E-state index contributed by atoms with van der Waals surface area (Å²) in [4.78, 5) is 11.4. The van der Waals surface area contributed by atoms with Crippen LogP contribution in [-0.4, -0.2) is 17.7 Å². The van der Waals surface area contributed by atoms with Gasteiger partial charge in [-0.3, -0.25) is 4.79 Å². The number of unbranched alkanes of at least 4 members (excludes halogenated alkanes) is 1. The fourth-order valence-corrected chi connectivity index (χ4v) is 1.79. The van der Waals surface area contributed by atoms with Gasteiger partial charge in [0.05, 0.1) is 17.2 Å². The Morgan fingerprint density at radius 1 is 1.53 bits per heavy atom. The van der Waals surface area contributed by atoms with Gasteiger partial charge >= 0.3 is 5.97 Å².